The molecular formula is C16H22ClNO2. The van der Waals surface area contributed by atoms with Gasteiger partial charge in [-0.25, -0.2) is 0 Å². The fraction of sp³-hybridized carbons (Fsp3) is 0.625. The number of fused-ring (bicyclic) bond motifs is 1. The third-order valence-corrected chi connectivity index (χ3v) is 4.67. The molecular weight excluding hydrogens is 274 g/mol. The second-order valence-corrected chi connectivity index (χ2v) is 6.84. The first kappa shape index (κ1) is 14.2. The summed E-state index contributed by atoms with van der Waals surface area (Å²) in [6.45, 7) is 7.18. The first-order valence-electron chi connectivity index (χ1n) is 7.39. The SMILES string of the molecule is CC1CC(C)CN(C2COc3ccc(Cl)cc3C2O)C1. The van der Waals surface area contributed by atoms with Gasteiger partial charge >= 0.3 is 0 Å². The number of benzene rings is 1. The first-order valence-corrected chi connectivity index (χ1v) is 7.76. The molecule has 0 amide bonds. The fourth-order valence-corrected chi connectivity index (χ4v) is 3.82. The summed E-state index contributed by atoms with van der Waals surface area (Å²) >= 11 is 6.04. The van der Waals surface area contributed by atoms with E-state index in [1.54, 1.807) is 6.07 Å². The number of ether oxygens (including phenoxy) is 1. The van der Waals surface area contributed by atoms with E-state index in [2.05, 4.69) is 18.7 Å². The van der Waals surface area contributed by atoms with Crippen LogP contribution in [0.15, 0.2) is 18.2 Å². The van der Waals surface area contributed by atoms with Crippen molar-refractivity contribution < 1.29 is 9.84 Å². The van der Waals surface area contributed by atoms with E-state index in [0.29, 0.717) is 23.5 Å². The van der Waals surface area contributed by atoms with E-state index < -0.39 is 6.10 Å². The van der Waals surface area contributed by atoms with Crippen molar-refractivity contribution >= 4 is 11.6 Å². The van der Waals surface area contributed by atoms with Crippen LogP contribution < -0.4 is 4.74 Å². The van der Waals surface area contributed by atoms with Gasteiger partial charge in [-0.1, -0.05) is 25.4 Å². The Morgan fingerprint density at radius 2 is 1.95 bits per heavy atom. The van der Waals surface area contributed by atoms with Crippen LogP contribution in [0.5, 0.6) is 5.75 Å². The Kier molecular flexibility index (Phi) is 3.93. The minimum absolute atomic E-state index is 0.0335. The molecule has 0 saturated carbocycles. The molecule has 2 heterocycles. The average Bonchev–Trinajstić information content (AvgIpc) is 2.38. The molecule has 4 atom stereocenters. The minimum atomic E-state index is -0.519. The van der Waals surface area contributed by atoms with E-state index in [1.165, 1.54) is 6.42 Å². The lowest BCUT2D eigenvalue weighted by molar-refractivity contribution is -0.0226. The van der Waals surface area contributed by atoms with Crippen LogP contribution in [0.3, 0.4) is 0 Å². The molecule has 4 heteroatoms. The lowest BCUT2D eigenvalue weighted by atomic mass is 9.88. The molecule has 110 valence electrons. The van der Waals surface area contributed by atoms with Crippen molar-refractivity contribution in [2.24, 2.45) is 11.8 Å². The van der Waals surface area contributed by atoms with Gasteiger partial charge in [-0.05, 0) is 36.5 Å². The number of aliphatic hydroxyl groups excluding tert-OH is 1. The van der Waals surface area contributed by atoms with Crippen molar-refractivity contribution in [3.8, 4) is 5.75 Å². The average molecular weight is 296 g/mol. The second kappa shape index (κ2) is 5.55. The lowest BCUT2D eigenvalue weighted by Crippen LogP contribution is -2.51. The maximum atomic E-state index is 10.7. The number of rotatable bonds is 1. The molecule has 2 aliphatic rings. The first-order chi connectivity index (χ1) is 9.54. The number of hydrogen-bond donors (Lipinski definition) is 1. The van der Waals surface area contributed by atoms with E-state index >= 15 is 0 Å². The van der Waals surface area contributed by atoms with Crippen molar-refractivity contribution in [1.82, 2.24) is 4.90 Å². The topological polar surface area (TPSA) is 32.7 Å². The number of likely N-dealkylation sites (tertiary alicyclic amines) is 1. The van der Waals surface area contributed by atoms with Crippen molar-refractivity contribution in [3.63, 3.8) is 0 Å². The maximum Gasteiger partial charge on any atom is 0.125 e. The summed E-state index contributed by atoms with van der Waals surface area (Å²) in [5, 5.41) is 11.3. The van der Waals surface area contributed by atoms with Crippen LogP contribution in [0.2, 0.25) is 5.02 Å². The zero-order valence-electron chi connectivity index (χ0n) is 12.1. The normalized spacial score (nSPS) is 34.4. The Morgan fingerprint density at radius 3 is 2.65 bits per heavy atom. The third-order valence-electron chi connectivity index (χ3n) is 4.43. The van der Waals surface area contributed by atoms with Gasteiger partial charge in [0.25, 0.3) is 0 Å². The monoisotopic (exact) mass is 295 g/mol. The number of hydrogen-bond acceptors (Lipinski definition) is 3. The van der Waals surface area contributed by atoms with Crippen molar-refractivity contribution in [1.29, 1.82) is 0 Å². The molecule has 0 aromatic heterocycles. The van der Waals surface area contributed by atoms with E-state index in [1.807, 2.05) is 12.1 Å². The Hall–Kier alpha value is -0.770. The number of aliphatic hydroxyl groups is 1. The van der Waals surface area contributed by atoms with Crippen LogP contribution in [-0.4, -0.2) is 35.7 Å². The predicted octanol–water partition coefficient (Wildman–Crippen LogP) is 3.11. The molecule has 1 fully saturated rings. The molecule has 1 saturated heterocycles. The van der Waals surface area contributed by atoms with Gasteiger partial charge in [0.2, 0.25) is 0 Å². The van der Waals surface area contributed by atoms with E-state index in [4.69, 9.17) is 16.3 Å². The van der Waals surface area contributed by atoms with Crippen LogP contribution in [-0.2, 0) is 0 Å². The molecule has 0 radical (unpaired) electrons. The van der Waals surface area contributed by atoms with E-state index in [9.17, 15) is 5.11 Å². The Bertz CT molecular complexity index is 483. The molecule has 20 heavy (non-hydrogen) atoms. The maximum absolute atomic E-state index is 10.7. The largest absolute Gasteiger partial charge is 0.491 e. The predicted molar refractivity (Wildman–Crippen MR) is 80.2 cm³/mol. The molecule has 4 unspecified atom stereocenters. The molecule has 3 rings (SSSR count). The van der Waals surface area contributed by atoms with Crippen molar-refractivity contribution in [3.05, 3.63) is 28.8 Å². The summed E-state index contributed by atoms with van der Waals surface area (Å²) < 4.78 is 5.82. The van der Waals surface area contributed by atoms with Gasteiger partial charge in [0, 0.05) is 23.7 Å². The van der Waals surface area contributed by atoms with Crippen molar-refractivity contribution in [2.45, 2.75) is 32.4 Å². The van der Waals surface area contributed by atoms with Gasteiger partial charge in [0.15, 0.2) is 0 Å². The molecule has 0 aliphatic carbocycles. The van der Waals surface area contributed by atoms with E-state index in [-0.39, 0.29) is 6.04 Å². The lowest BCUT2D eigenvalue weighted by Gasteiger charge is -2.43. The Morgan fingerprint density at radius 1 is 1.25 bits per heavy atom. The highest BCUT2D eigenvalue weighted by Gasteiger charge is 2.36. The van der Waals surface area contributed by atoms with Gasteiger partial charge in [0.1, 0.15) is 18.5 Å². The molecule has 2 aliphatic heterocycles. The summed E-state index contributed by atoms with van der Waals surface area (Å²) in [6, 6.07) is 5.51. The zero-order valence-corrected chi connectivity index (χ0v) is 12.8. The fourth-order valence-electron chi connectivity index (χ4n) is 3.64. The quantitative estimate of drug-likeness (QED) is 0.864. The van der Waals surface area contributed by atoms with Crippen LogP contribution >= 0.6 is 11.6 Å². The van der Waals surface area contributed by atoms with Gasteiger partial charge in [-0.2, -0.15) is 0 Å². The highest BCUT2D eigenvalue weighted by atomic mass is 35.5. The van der Waals surface area contributed by atoms with Crippen LogP contribution in [0.1, 0.15) is 31.9 Å². The molecule has 1 aromatic rings. The number of halogens is 1. The van der Waals surface area contributed by atoms with Gasteiger partial charge in [-0.15, -0.1) is 0 Å². The highest BCUT2D eigenvalue weighted by molar-refractivity contribution is 6.30. The molecule has 3 nitrogen and oxygen atoms in total. The van der Waals surface area contributed by atoms with Gasteiger partial charge in [-0.3, -0.25) is 4.90 Å². The van der Waals surface area contributed by atoms with E-state index in [0.717, 1.165) is 24.4 Å². The molecule has 1 aromatic carbocycles. The molecule has 0 bridgehead atoms. The Labute approximate surface area is 125 Å². The summed E-state index contributed by atoms with van der Waals surface area (Å²) in [5.74, 6) is 2.11. The summed E-state index contributed by atoms with van der Waals surface area (Å²) in [5.41, 5.74) is 0.819. The van der Waals surface area contributed by atoms with Crippen LogP contribution in [0.4, 0.5) is 0 Å². The Balaban J connectivity index is 1.82. The minimum Gasteiger partial charge on any atom is -0.491 e. The number of nitrogens with zero attached hydrogens (tertiary/aromatic N) is 1. The van der Waals surface area contributed by atoms with Crippen LogP contribution in [0, 0.1) is 11.8 Å². The molecule has 1 N–H and O–H groups in total. The summed E-state index contributed by atoms with van der Waals surface area (Å²) in [7, 11) is 0. The second-order valence-electron chi connectivity index (χ2n) is 6.41. The molecule has 0 spiro atoms. The standard InChI is InChI=1S/C16H22ClNO2/c1-10-5-11(2)8-18(7-10)14-9-20-15-4-3-12(17)6-13(15)16(14)19/h3-4,6,10-11,14,16,19H,5,7-9H2,1-2H3. The number of piperidine rings is 1. The summed E-state index contributed by atoms with van der Waals surface area (Å²) in [4.78, 5) is 2.38. The van der Waals surface area contributed by atoms with Crippen LogP contribution in [0.25, 0.3) is 0 Å². The highest BCUT2D eigenvalue weighted by Crippen LogP contribution is 2.37. The summed E-state index contributed by atoms with van der Waals surface area (Å²) in [6.07, 6.45) is 0.748. The third kappa shape index (κ3) is 2.67. The van der Waals surface area contributed by atoms with Gasteiger partial charge < -0.3 is 9.84 Å². The van der Waals surface area contributed by atoms with Crippen molar-refractivity contribution in [2.75, 3.05) is 19.7 Å². The smallest absolute Gasteiger partial charge is 0.125 e. The van der Waals surface area contributed by atoms with Gasteiger partial charge in [0.05, 0.1) is 6.04 Å². The zero-order chi connectivity index (χ0) is 14.3.